The maximum Gasteiger partial charge on any atom is 0.339 e. The van der Waals surface area contributed by atoms with Crippen LogP contribution in [0.2, 0.25) is 0 Å². The molecule has 6 nitrogen and oxygen atoms in total. The molecule has 0 saturated carbocycles. The fourth-order valence-corrected chi connectivity index (χ4v) is 3.81. The zero-order valence-electron chi connectivity index (χ0n) is 21.3. The van der Waals surface area contributed by atoms with Gasteiger partial charge in [0.1, 0.15) is 17.1 Å². The smallest absolute Gasteiger partial charge is 0.339 e. The van der Waals surface area contributed by atoms with Gasteiger partial charge in [0.2, 0.25) is 0 Å². The highest BCUT2D eigenvalue weighted by Crippen LogP contribution is 2.27. The predicted molar refractivity (Wildman–Crippen MR) is 140 cm³/mol. The van der Waals surface area contributed by atoms with Crippen molar-refractivity contribution >= 4 is 16.8 Å². The minimum absolute atomic E-state index is 0.0760. The van der Waals surface area contributed by atoms with Crippen LogP contribution >= 0.6 is 0 Å². The fourth-order valence-electron chi connectivity index (χ4n) is 3.81. The molecule has 35 heavy (non-hydrogen) atoms. The summed E-state index contributed by atoms with van der Waals surface area (Å²) in [6, 6.07) is 10.2. The lowest BCUT2D eigenvalue weighted by Crippen LogP contribution is -2.20. The number of rotatable bonds is 11. The van der Waals surface area contributed by atoms with Crippen LogP contribution in [-0.2, 0) is 12.8 Å². The first-order chi connectivity index (χ1) is 16.7. The number of phenolic OH excluding ortho intramolecular Hbond substituents is 1. The Morgan fingerprint density at radius 1 is 1.14 bits per heavy atom. The molecule has 0 fully saturated rings. The van der Waals surface area contributed by atoms with Gasteiger partial charge < -0.3 is 19.2 Å². The second-order valence-corrected chi connectivity index (χ2v) is 9.19. The molecular weight excluding hydrogens is 442 g/mol. The van der Waals surface area contributed by atoms with Crippen LogP contribution in [0.25, 0.3) is 11.0 Å². The number of Topliss-reactive ketones (excluding diaryl/α,β-unsaturated/α-hetero) is 1. The molecule has 0 aliphatic rings. The number of phenols is 1. The first-order valence-electron chi connectivity index (χ1n) is 12.1. The average molecular weight is 478 g/mol. The molecule has 2 aromatic carbocycles. The van der Waals surface area contributed by atoms with Gasteiger partial charge in [0.05, 0.1) is 6.61 Å². The zero-order chi connectivity index (χ0) is 25.5. The monoisotopic (exact) mass is 477 g/mol. The molecule has 0 atom stereocenters. The molecule has 6 heteroatoms. The molecule has 0 bridgehead atoms. The molecule has 0 radical (unpaired) electrons. The van der Waals surface area contributed by atoms with Gasteiger partial charge in [-0.3, -0.25) is 4.79 Å². The number of hydrogen-bond acceptors (Lipinski definition) is 6. The van der Waals surface area contributed by atoms with Crippen LogP contribution in [0, 0.1) is 6.92 Å². The first-order valence-corrected chi connectivity index (χ1v) is 12.1. The van der Waals surface area contributed by atoms with Gasteiger partial charge in [0.15, 0.2) is 5.78 Å². The summed E-state index contributed by atoms with van der Waals surface area (Å²) in [5.74, 6) is 0.635. The van der Waals surface area contributed by atoms with E-state index in [2.05, 4.69) is 18.9 Å². The number of carbonyl (C=O) groups excluding carboxylic acids is 1. The third-order valence-electron chi connectivity index (χ3n) is 6.14. The SMILES string of the molecule is CCN(C)CCCOc1ccc2cc(CC(=O)c3ccc(O)c(CC=C(C)C)c3)c(=O)oc2c1C. The summed E-state index contributed by atoms with van der Waals surface area (Å²) in [7, 11) is 2.07. The lowest BCUT2D eigenvalue weighted by molar-refractivity contribution is 0.0992. The predicted octanol–water partition coefficient (Wildman–Crippen LogP) is 5.46. The molecule has 0 aliphatic heterocycles. The standard InChI is InChI=1S/C29H35NO5/c1-6-30(5)14-7-15-34-27-13-11-23-17-24(29(33)35-28(23)20(27)4)18-26(32)22-10-12-25(31)21(16-22)9-8-19(2)3/h8,10-13,16-17,31H,6-7,9,14-15,18H2,1-5H3. The Labute approximate surface area is 206 Å². The topological polar surface area (TPSA) is 80.0 Å². The summed E-state index contributed by atoms with van der Waals surface area (Å²) in [5.41, 5.74) is 3.27. The Balaban J connectivity index is 1.77. The third-order valence-corrected chi connectivity index (χ3v) is 6.14. The minimum atomic E-state index is -0.529. The number of aromatic hydroxyl groups is 1. The van der Waals surface area contributed by atoms with Crippen molar-refractivity contribution < 1.29 is 19.1 Å². The molecule has 0 aliphatic carbocycles. The number of fused-ring (bicyclic) bond motifs is 1. The highest BCUT2D eigenvalue weighted by Gasteiger charge is 2.16. The van der Waals surface area contributed by atoms with E-state index in [4.69, 9.17) is 9.15 Å². The molecule has 0 spiro atoms. The molecule has 0 saturated heterocycles. The van der Waals surface area contributed by atoms with Crippen molar-refractivity contribution in [3.05, 3.63) is 80.7 Å². The van der Waals surface area contributed by atoms with Crippen LogP contribution in [-0.4, -0.2) is 42.5 Å². The Kier molecular flexibility index (Phi) is 8.88. The number of ketones is 1. The molecule has 1 aromatic heterocycles. The number of nitrogens with zero attached hydrogens (tertiary/aromatic N) is 1. The van der Waals surface area contributed by atoms with Crippen molar-refractivity contribution in [2.24, 2.45) is 0 Å². The largest absolute Gasteiger partial charge is 0.508 e. The Bertz CT molecular complexity index is 1280. The first kappa shape index (κ1) is 26.2. The lowest BCUT2D eigenvalue weighted by atomic mass is 9.99. The van der Waals surface area contributed by atoms with Gasteiger partial charge in [0, 0.05) is 35.0 Å². The van der Waals surface area contributed by atoms with Crippen molar-refractivity contribution in [3.63, 3.8) is 0 Å². The van der Waals surface area contributed by atoms with Crippen molar-refractivity contribution in [2.75, 3.05) is 26.7 Å². The molecule has 0 amide bonds. The van der Waals surface area contributed by atoms with Crippen LogP contribution < -0.4 is 10.4 Å². The molecule has 0 unspecified atom stereocenters. The molecule has 1 heterocycles. The van der Waals surface area contributed by atoms with Crippen molar-refractivity contribution in [3.8, 4) is 11.5 Å². The van der Waals surface area contributed by atoms with E-state index in [1.165, 1.54) is 6.07 Å². The van der Waals surface area contributed by atoms with E-state index in [0.29, 0.717) is 41.1 Å². The Hall–Kier alpha value is -3.38. The number of allylic oxidation sites excluding steroid dienone is 2. The van der Waals surface area contributed by atoms with E-state index in [1.54, 1.807) is 18.2 Å². The molecule has 3 aromatic rings. The van der Waals surface area contributed by atoms with E-state index < -0.39 is 5.63 Å². The number of aryl methyl sites for hydroxylation is 1. The van der Waals surface area contributed by atoms with Gasteiger partial charge in [-0.15, -0.1) is 0 Å². The quantitative estimate of drug-likeness (QED) is 0.171. The molecule has 1 N–H and O–H groups in total. The van der Waals surface area contributed by atoms with E-state index in [0.717, 1.165) is 36.0 Å². The van der Waals surface area contributed by atoms with E-state index in [-0.39, 0.29) is 18.0 Å². The summed E-state index contributed by atoms with van der Waals surface area (Å²) in [4.78, 5) is 27.9. The summed E-state index contributed by atoms with van der Waals surface area (Å²) in [6.07, 6.45) is 3.35. The van der Waals surface area contributed by atoms with Crippen LogP contribution in [0.4, 0.5) is 0 Å². The van der Waals surface area contributed by atoms with Crippen molar-refractivity contribution in [1.82, 2.24) is 4.90 Å². The van der Waals surface area contributed by atoms with Crippen LogP contribution in [0.3, 0.4) is 0 Å². The van der Waals surface area contributed by atoms with Gasteiger partial charge in [0.25, 0.3) is 0 Å². The molecular formula is C29H35NO5. The third kappa shape index (κ3) is 6.83. The highest BCUT2D eigenvalue weighted by atomic mass is 16.5. The van der Waals surface area contributed by atoms with E-state index in [9.17, 15) is 14.7 Å². The van der Waals surface area contributed by atoms with Crippen LogP contribution in [0.1, 0.15) is 54.2 Å². The highest BCUT2D eigenvalue weighted by molar-refractivity contribution is 5.98. The summed E-state index contributed by atoms with van der Waals surface area (Å²) < 4.78 is 11.5. The van der Waals surface area contributed by atoms with Gasteiger partial charge in [-0.25, -0.2) is 4.79 Å². The van der Waals surface area contributed by atoms with Gasteiger partial charge in [-0.2, -0.15) is 0 Å². The normalized spacial score (nSPS) is 11.1. The van der Waals surface area contributed by atoms with Crippen LogP contribution in [0.5, 0.6) is 11.5 Å². The second-order valence-electron chi connectivity index (χ2n) is 9.19. The lowest BCUT2D eigenvalue weighted by Gasteiger charge is -2.15. The minimum Gasteiger partial charge on any atom is -0.508 e. The van der Waals surface area contributed by atoms with Crippen molar-refractivity contribution in [1.29, 1.82) is 0 Å². The summed E-state index contributed by atoms with van der Waals surface area (Å²) in [6.45, 7) is 10.5. The number of hydrogen-bond donors (Lipinski definition) is 1. The van der Waals surface area contributed by atoms with Crippen molar-refractivity contribution in [2.45, 2.75) is 47.0 Å². The number of carbonyl (C=O) groups is 1. The van der Waals surface area contributed by atoms with Gasteiger partial charge in [-0.05, 0) is 89.2 Å². The van der Waals surface area contributed by atoms with Gasteiger partial charge in [-0.1, -0.05) is 18.6 Å². The number of benzene rings is 2. The Morgan fingerprint density at radius 2 is 1.91 bits per heavy atom. The van der Waals surface area contributed by atoms with E-state index in [1.807, 2.05) is 39.0 Å². The maximum atomic E-state index is 12.9. The zero-order valence-corrected chi connectivity index (χ0v) is 21.3. The van der Waals surface area contributed by atoms with Gasteiger partial charge >= 0.3 is 5.63 Å². The van der Waals surface area contributed by atoms with Crippen LogP contribution in [0.15, 0.2) is 57.3 Å². The molecule has 3 rings (SSSR count). The van der Waals surface area contributed by atoms with E-state index >= 15 is 0 Å². The summed E-state index contributed by atoms with van der Waals surface area (Å²) in [5, 5.41) is 10.9. The summed E-state index contributed by atoms with van der Waals surface area (Å²) >= 11 is 0. The molecule has 186 valence electrons. The second kappa shape index (κ2) is 11.8. The average Bonchev–Trinajstić information content (AvgIpc) is 2.83. The maximum absolute atomic E-state index is 12.9. The Morgan fingerprint density at radius 3 is 2.63 bits per heavy atom. The fraction of sp³-hybridized carbons (Fsp3) is 0.379. The number of ether oxygens (including phenoxy) is 1.